The molecule has 0 aromatic heterocycles. The molecular formula is C16H27Cl3Si. The molecule has 0 heterocycles. The summed E-state index contributed by atoms with van der Waals surface area (Å²) in [5.41, 5.74) is 2.29. The number of hydrogen-bond acceptors (Lipinski definition) is 0. The molecule has 0 aromatic carbocycles. The van der Waals surface area contributed by atoms with Crippen LogP contribution in [0.1, 0.15) is 72.1 Å². The monoisotopic (exact) mass is 352 g/mol. The minimum atomic E-state index is -2.43. The minimum absolute atomic E-state index is 0.553. The maximum Gasteiger partial charge on any atom is 0.341 e. The summed E-state index contributed by atoms with van der Waals surface area (Å²) < 4.78 is 0. The first-order valence-electron chi connectivity index (χ1n) is 8.02. The molecule has 4 heteroatoms. The van der Waals surface area contributed by atoms with Crippen LogP contribution in [0.2, 0.25) is 6.04 Å². The van der Waals surface area contributed by atoms with Crippen LogP contribution in [0.4, 0.5) is 0 Å². The highest BCUT2D eigenvalue weighted by Gasteiger charge is 2.63. The van der Waals surface area contributed by atoms with E-state index in [9.17, 15) is 0 Å². The average molecular weight is 354 g/mol. The van der Waals surface area contributed by atoms with Crippen LogP contribution in [-0.4, -0.2) is 6.00 Å². The van der Waals surface area contributed by atoms with Crippen LogP contribution < -0.4 is 0 Å². The number of halogens is 3. The minimum Gasteiger partial charge on any atom is -0.126 e. The topological polar surface area (TPSA) is 0 Å². The van der Waals surface area contributed by atoms with Crippen molar-refractivity contribution in [3.63, 3.8) is 0 Å². The fraction of sp³-hybridized carbons (Fsp3) is 1.00. The largest absolute Gasteiger partial charge is 0.341 e. The molecule has 0 aliphatic heterocycles. The van der Waals surface area contributed by atoms with Crippen LogP contribution in [0.25, 0.3) is 0 Å². The molecule has 20 heavy (non-hydrogen) atoms. The lowest BCUT2D eigenvalue weighted by Gasteiger charge is -2.69. The molecule has 4 fully saturated rings. The van der Waals surface area contributed by atoms with E-state index in [2.05, 4.69) is 20.8 Å². The molecule has 0 spiro atoms. The van der Waals surface area contributed by atoms with Crippen molar-refractivity contribution in [1.82, 2.24) is 0 Å². The molecule has 0 radical (unpaired) electrons. The van der Waals surface area contributed by atoms with E-state index in [1.165, 1.54) is 44.9 Å². The number of hydrogen-bond donors (Lipinski definition) is 0. The zero-order valence-corrected chi connectivity index (χ0v) is 16.3. The van der Waals surface area contributed by atoms with Gasteiger partial charge in [0.2, 0.25) is 0 Å². The van der Waals surface area contributed by atoms with Crippen molar-refractivity contribution in [3.05, 3.63) is 0 Å². The van der Waals surface area contributed by atoms with Crippen molar-refractivity contribution in [2.45, 2.75) is 78.2 Å². The second kappa shape index (κ2) is 4.55. The van der Waals surface area contributed by atoms with Crippen LogP contribution in [0, 0.1) is 21.7 Å². The van der Waals surface area contributed by atoms with E-state index in [4.69, 9.17) is 33.2 Å². The van der Waals surface area contributed by atoms with Crippen LogP contribution in [0.3, 0.4) is 0 Å². The first-order chi connectivity index (χ1) is 8.95. The smallest absolute Gasteiger partial charge is 0.126 e. The highest BCUT2D eigenvalue weighted by Crippen LogP contribution is 2.74. The molecule has 0 unspecified atom stereocenters. The molecule has 0 atom stereocenters. The van der Waals surface area contributed by atoms with E-state index >= 15 is 0 Å². The van der Waals surface area contributed by atoms with E-state index in [-0.39, 0.29) is 0 Å². The Balaban J connectivity index is 1.76. The third kappa shape index (κ3) is 3.07. The molecule has 0 saturated heterocycles. The highest BCUT2D eigenvalue weighted by atomic mass is 35.8. The molecule has 4 bridgehead atoms. The Bertz CT molecular complexity index is 361. The van der Waals surface area contributed by atoms with Gasteiger partial charge in [-0.25, -0.2) is 0 Å². The Morgan fingerprint density at radius 2 is 1.15 bits per heavy atom. The van der Waals surface area contributed by atoms with E-state index < -0.39 is 6.00 Å². The summed E-state index contributed by atoms with van der Waals surface area (Å²) in [6.45, 7) is 7.62. The van der Waals surface area contributed by atoms with Gasteiger partial charge < -0.3 is 0 Å². The Morgan fingerprint density at radius 3 is 1.50 bits per heavy atom. The summed E-state index contributed by atoms with van der Waals surface area (Å²) in [5, 5.41) is 0. The molecule has 4 aliphatic rings. The second-order valence-electron chi connectivity index (χ2n) is 9.46. The maximum absolute atomic E-state index is 6.07. The molecule has 0 N–H and O–H groups in total. The van der Waals surface area contributed by atoms with E-state index in [1.54, 1.807) is 0 Å². The van der Waals surface area contributed by atoms with Gasteiger partial charge in [-0.05, 0) is 72.6 Å². The quantitative estimate of drug-likeness (QED) is 0.384. The van der Waals surface area contributed by atoms with Crippen molar-refractivity contribution < 1.29 is 0 Å². The third-order valence-electron chi connectivity index (χ3n) is 6.13. The lowest BCUT2D eigenvalue weighted by atomic mass is 9.36. The van der Waals surface area contributed by atoms with E-state index in [0.29, 0.717) is 21.7 Å². The average Bonchev–Trinajstić information content (AvgIpc) is 2.04. The molecule has 4 aliphatic carbocycles. The van der Waals surface area contributed by atoms with Crippen LogP contribution in [0.5, 0.6) is 0 Å². The van der Waals surface area contributed by atoms with Gasteiger partial charge in [-0.2, -0.15) is 0 Å². The normalized spacial score (nSPS) is 50.7. The molecule has 0 amide bonds. The van der Waals surface area contributed by atoms with E-state index in [1.807, 2.05) is 0 Å². The molecule has 0 aromatic rings. The summed E-state index contributed by atoms with van der Waals surface area (Å²) in [6, 6.07) is -1.59. The fourth-order valence-corrected chi connectivity index (χ4v) is 9.27. The van der Waals surface area contributed by atoms with Gasteiger partial charge in [0, 0.05) is 0 Å². The van der Waals surface area contributed by atoms with E-state index in [0.717, 1.165) is 12.5 Å². The maximum atomic E-state index is 6.07. The predicted octanol–water partition coefficient (Wildman–Crippen LogP) is 6.81. The fourth-order valence-electron chi connectivity index (χ4n) is 7.49. The van der Waals surface area contributed by atoms with Gasteiger partial charge >= 0.3 is 6.00 Å². The van der Waals surface area contributed by atoms with Crippen molar-refractivity contribution >= 4 is 39.2 Å². The van der Waals surface area contributed by atoms with Gasteiger partial charge in [-0.1, -0.05) is 27.2 Å². The zero-order chi connectivity index (χ0) is 14.9. The summed E-state index contributed by atoms with van der Waals surface area (Å²) in [4.78, 5) is 0. The Labute approximate surface area is 139 Å². The summed E-state index contributed by atoms with van der Waals surface area (Å²) in [7, 11) is 0. The molecule has 4 saturated carbocycles. The summed E-state index contributed by atoms with van der Waals surface area (Å²) in [6.07, 6.45) is 11.0. The number of rotatable bonds is 4. The predicted molar refractivity (Wildman–Crippen MR) is 91.8 cm³/mol. The highest BCUT2D eigenvalue weighted by molar-refractivity contribution is 7.64. The molecule has 116 valence electrons. The SMILES string of the molecule is CC12CC3(C)CC(C)(C1)CC(CCC[Si](Cl)(Cl)Cl)(C2)C3. The first kappa shape index (κ1) is 16.0. The Morgan fingerprint density at radius 1 is 0.750 bits per heavy atom. The third-order valence-corrected chi connectivity index (χ3v) is 8.75. The van der Waals surface area contributed by atoms with Crippen LogP contribution in [-0.2, 0) is 0 Å². The Hall–Kier alpha value is 1.09. The Kier molecular flexibility index (Phi) is 3.63. The second-order valence-corrected chi connectivity index (χ2v) is 18.7. The van der Waals surface area contributed by atoms with Gasteiger partial charge in [0.05, 0.1) is 0 Å². The van der Waals surface area contributed by atoms with Crippen molar-refractivity contribution in [3.8, 4) is 0 Å². The van der Waals surface area contributed by atoms with Gasteiger partial charge in [0.1, 0.15) is 0 Å². The van der Waals surface area contributed by atoms with Crippen LogP contribution in [0.15, 0.2) is 0 Å². The van der Waals surface area contributed by atoms with Gasteiger partial charge in [0.25, 0.3) is 0 Å². The zero-order valence-electron chi connectivity index (χ0n) is 13.0. The van der Waals surface area contributed by atoms with Crippen molar-refractivity contribution in [2.24, 2.45) is 21.7 Å². The summed E-state index contributed by atoms with van der Waals surface area (Å²) in [5.74, 6) is 0. The molecule has 0 nitrogen and oxygen atoms in total. The van der Waals surface area contributed by atoms with Gasteiger partial charge in [0.15, 0.2) is 0 Å². The van der Waals surface area contributed by atoms with Gasteiger partial charge in [-0.15, -0.1) is 33.2 Å². The van der Waals surface area contributed by atoms with Crippen molar-refractivity contribution in [1.29, 1.82) is 0 Å². The summed E-state index contributed by atoms with van der Waals surface area (Å²) >= 11 is 18.2. The lowest BCUT2D eigenvalue weighted by Crippen LogP contribution is -2.58. The standard InChI is InChI=1S/C16H27Cl3Si/c1-13-7-14(2)9-15(3,8-13)12-16(10-13,11-14)5-4-6-20(17,18)19/h4-12H2,1-3H3. The van der Waals surface area contributed by atoms with Crippen LogP contribution >= 0.6 is 33.2 Å². The van der Waals surface area contributed by atoms with Crippen molar-refractivity contribution in [2.75, 3.05) is 0 Å². The molecule has 4 rings (SSSR count). The molecular weight excluding hydrogens is 327 g/mol. The lowest BCUT2D eigenvalue weighted by molar-refractivity contribution is -0.185. The van der Waals surface area contributed by atoms with Gasteiger partial charge in [-0.3, -0.25) is 0 Å². The first-order valence-corrected chi connectivity index (χ1v) is 13.3.